The number of carbonyl (C=O) groups excluding carboxylic acids is 1. The van der Waals surface area contributed by atoms with Crippen molar-refractivity contribution in [2.24, 2.45) is 5.92 Å². The summed E-state index contributed by atoms with van der Waals surface area (Å²) in [6.07, 6.45) is 0.0511. The molecule has 88 valence electrons. The number of amides is 2. The van der Waals surface area contributed by atoms with Gasteiger partial charge in [0, 0.05) is 6.54 Å². The maximum absolute atomic E-state index is 11.7. The first-order chi connectivity index (χ1) is 6.97. The van der Waals surface area contributed by atoms with Crippen LogP contribution in [0.15, 0.2) is 0 Å². The molecule has 0 unspecified atom stereocenters. The summed E-state index contributed by atoms with van der Waals surface area (Å²) in [7, 11) is 0. The average molecular weight is 224 g/mol. The fourth-order valence-corrected chi connectivity index (χ4v) is 1.24. The number of rotatable bonds is 5. The number of nitrogens with one attached hydrogen (secondary N) is 2. The molecule has 1 saturated carbocycles. The third-order valence-electron chi connectivity index (χ3n) is 2.22. The largest absolute Gasteiger partial charge is 0.405 e. The Balaban J connectivity index is 1.93. The van der Waals surface area contributed by atoms with Gasteiger partial charge in [0.2, 0.25) is 0 Å². The van der Waals surface area contributed by atoms with Crippen molar-refractivity contribution < 1.29 is 18.0 Å². The van der Waals surface area contributed by atoms with Crippen molar-refractivity contribution in [1.82, 2.24) is 10.6 Å². The Morgan fingerprint density at radius 3 is 2.47 bits per heavy atom. The van der Waals surface area contributed by atoms with Crippen molar-refractivity contribution in [3.05, 3.63) is 0 Å². The molecule has 1 aliphatic rings. The van der Waals surface area contributed by atoms with Crippen LogP contribution in [-0.2, 0) is 0 Å². The minimum absolute atomic E-state index is 0.445. The molecule has 0 spiro atoms. The monoisotopic (exact) mass is 224 g/mol. The fourth-order valence-electron chi connectivity index (χ4n) is 1.24. The Morgan fingerprint density at radius 2 is 1.93 bits per heavy atom. The second-order valence-corrected chi connectivity index (χ2v) is 3.81. The highest BCUT2D eigenvalue weighted by Gasteiger charge is 2.27. The maximum Gasteiger partial charge on any atom is 0.405 e. The SMILES string of the molecule is O=C(NCCCC1CC1)NCC(F)(F)F. The molecule has 1 rings (SSSR count). The Kier molecular flexibility index (Phi) is 4.23. The van der Waals surface area contributed by atoms with E-state index in [2.05, 4.69) is 5.32 Å². The molecule has 15 heavy (non-hydrogen) atoms. The van der Waals surface area contributed by atoms with E-state index in [1.807, 2.05) is 0 Å². The molecule has 0 aromatic carbocycles. The lowest BCUT2D eigenvalue weighted by Crippen LogP contribution is -2.41. The topological polar surface area (TPSA) is 41.1 Å². The second kappa shape index (κ2) is 5.23. The lowest BCUT2D eigenvalue weighted by molar-refractivity contribution is -0.122. The van der Waals surface area contributed by atoms with E-state index in [1.165, 1.54) is 12.8 Å². The first-order valence-electron chi connectivity index (χ1n) is 5.06. The summed E-state index contributed by atoms with van der Waals surface area (Å²) in [5.41, 5.74) is 0. The summed E-state index contributed by atoms with van der Waals surface area (Å²) >= 11 is 0. The fraction of sp³-hybridized carbons (Fsp3) is 0.889. The van der Waals surface area contributed by atoms with Crippen molar-refractivity contribution >= 4 is 6.03 Å². The van der Waals surface area contributed by atoms with Gasteiger partial charge in [0.15, 0.2) is 0 Å². The van der Waals surface area contributed by atoms with Crippen LogP contribution in [0.2, 0.25) is 0 Å². The van der Waals surface area contributed by atoms with Crippen LogP contribution in [0, 0.1) is 5.92 Å². The number of alkyl halides is 3. The predicted octanol–water partition coefficient (Wildman–Crippen LogP) is 2.04. The zero-order valence-electron chi connectivity index (χ0n) is 8.36. The van der Waals surface area contributed by atoms with E-state index in [4.69, 9.17) is 0 Å². The van der Waals surface area contributed by atoms with Crippen LogP contribution in [0.1, 0.15) is 25.7 Å². The van der Waals surface area contributed by atoms with E-state index in [1.54, 1.807) is 5.32 Å². The van der Waals surface area contributed by atoms with Crippen molar-refractivity contribution in [1.29, 1.82) is 0 Å². The minimum Gasteiger partial charge on any atom is -0.338 e. The van der Waals surface area contributed by atoms with Crippen LogP contribution >= 0.6 is 0 Å². The molecular formula is C9H15F3N2O. The van der Waals surface area contributed by atoms with Gasteiger partial charge in [0.1, 0.15) is 6.54 Å². The third kappa shape index (κ3) is 7.04. The number of urea groups is 1. The highest BCUT2D eigenvalue weighted by molar-refractivity contribution is 5.73. The normalized spacial score (nSPS) is 16.2. The van der Waals surface area contributed by atoms with Crippen molar-refractivity contribution in [2.45, 2.75) is 31.9 Å². The molecule has 0 heterocycles. The number of hydrogen-bond acceptors (Lipinski definition) is 1. The zero-order chi connectivity index (χ0) is 11.3. The van der Waals surface area contributed by atoms with Gasteiger partial charge in [-0.15, -0.1) is 0 Å². The van der Waals surface area contributed by atoms with Gasteiger partial charge >= 0.3 is 12.2 Å². The van der Waals surface area contributed by atoms with E-state index in [0.29, 0.717) is 6.54 Å². The Hall–Kier alpha value is -0.940. The summed E-state index contributed by atoms with van der Waals surface area (Å²) in [5, 5.41) is 4.14. The average Bonchev–Trinajstić information content (AvgIpc) is 2.91. The standard InChI is InChI=1S/C9H15F3N2O/c10-9(11,12)6-14-8(15)13-5-1-2-7-3-4-7/h7H,1-6H2,(H2,13,14,15). The Morgan fingerprint density at radius 1 is 1.27 bits per heavy atom. The van der Waals surface area contributed by atoms with Crippen LogP contribution in [0.25, 0.3) is 0 Å². The molecule has 0 aromatic heterocycles. The van der Waals surface area contributed by atoms with Crippen LogP contribution in [0.4, 0.5) is 18.0 Å². The number of carbonyl (C=O) groups is 1. The van der Waals surface area contributed by atoms with Crippen molar-refractivity contribution in [3.63, 3.8) is 0 Å². The molecule has 1 aliphatic carbocycles. The summed E-state index contributed by atoms with van der Waals surface area (Å²) in [4.78, 5) is 10.8. The molecule has 1 fully saturated rings. The zero-order valence-corrected chi connectivity index (χ0v) is 8.36. The lowest BCUT2D eigenvalue weighted by Gasteiger charge is -2.09. The van der Waals surface area contributed by atoms with Crippen LogP contribution < -0.4 is 10.6 Å². The van der Waals surface area contributed by atoms with Gasteiger partial charge < -0.3 is 10.6 Å². The van der Waals surface area contributed by atoms with Crippen molar-refractivity contribution in [3.8, 4) is 0 Å². The summed E-state index contributed by atoms with van der Waals surface area (Å²) in [6.45, 7) is -0.832. The molecule has 0 aromatic rings. The minimum atomic E-state index is -4.34. The summed E-state index contributed by atoms with van der Waals surface area (Å²) < 4.78 is 35.0. The first-order valence-corrected chi connectivity index (χ1v) is 5.06. The summed E-state index contributed by atoms with van der Waals surface area (Å²) in [5.74, 6) is 0.782. The number of halogens is 3. The molecule has 2 N–H and O–H groups in total. The molecule has 0 radical (unpaired) electrons. The molecule has 6 heteroatoms. The smallest absolute Gasteiger partial charge is 0.338 e. The molecule has 0 aliphatic heterocycles. The second-order valence-electron chi connectivity index (χ2n) is 3.81. The predicted molar refractivity (Wildman–Crippen MR) is 49.4 cm³/mol. The van der Waals surface area contributed by atoms with Gasteiger partial charge in [-0.3, -0.25) is 0 Å². The molecule has 0 atom stereocenters. The first kappa shape index (κ1) is 12.1. The van der Waals surface area contributed by atoms with Gasteiger partial charge in [-0.2, -0.15) is 13.2 Å². The highest BCUT2D eigenvalue weighted by atomic mass is 19.4. The third-order valence-corrected chi connectivity index (χ3v) is 2.22. The molecular weight excluding hydrogens is 209 g/mol. The quantitative estimate of drug-likeness (QED) is 0.689. The van der Waals surface area contributed by atoms with Crippen molar-refractivity contribution in [2.75, 3.05) is 13.1 Å². The molecule has 0 saturated heterocycles. The summed E-state index contributed by atoms with van der Waals surface area (Å²) in [6, 6.07) is -0.747. The van der Waals surface area contributed by atoms with E-state index < -0.39 is 18.8 Å². The van der Waals surface area contributed by atoms with Gasteiger partial charge in [-0.25, -0.2) is 4.79 Å². The van der Waals surface area contributed by atoms with E-state index >= 15 is 0 Å². The molecule has 2 amide bonds. The van der Waals surface area contributed by atoms with E-state index in [9.17, 15) is 18.0 Å². The van der Waals surface area contributed by atoms with Crippen LogP contribution in [0.3, 0.4) is 0 Å². The van der Waals surface area contributed by atoms with Crippen LogP contribution in [-0.4, -0.2) is 25.3 Å². The Labute approximate surface area is 86.4 Å². The van der Waals surface area contributed by atoms with Gasteiger partial charge in [-0.05, 0) is 18.8 Å². The number of hydrogen-bond donors (Lipinski definition) is 2. The molecule has 0 bridgehead atoms. The Bertz CT molecular complexity index is 214. The van der Waals surface area contributed by atoms with Gasteiger partial charge in [0.25, 0.3) is 0 Å². The van der Waals surface area contributed by atoms with Crippen LogP contribution in [0.5, 0.6) is 0 Å². The molecule has 3 nitrogen and oxygen atoms in total. The van der Waals surface area contributed by atoms with Gasteiger partial charge in [-0.1, -0.05) is 12.8 Å². The van der Waals surface area contributed by atoms with E-state index in [-0.39, 0.29) is 0 Å². The van der Waals surface area contributed by atoms with Gasteiger partial charge in [0.05, 0.1) is 0 Å². The van der Waals surface area contributed by atoms with E-state index in [0.717, 1.165) is 18.8 Å². The maximum atomic E-state index is 11.7. The highest BCUT2D eigenvalue weighted by Crippen LogP contribution is 2.33. The lowest BCUT2D eigenvalue weighted by atomic mass is 10.2.